The molecular formula is C12H15BrN2OS. The summed E-state index contributed by atoms with van der Waals surface area (Å²) in [6, 6.07) is 0. The maximum atomic E-state index is 10.6. The number of fused-ring (bicyclic) bond motifs is 1. The minimum atomic E-state index is -0.368. The SMILES string of the molecule is OC(c1c(Br)sc2cncn12)C1CCCCC1. The Morgan fingerprint density at radius 2 is 2.18 bits per heavy atom. The normalized spacial score (nSPS) is 19.9. The van der Waals surface area contributed by atoms with Gasteiger partial charge in [0.2, 0.25) is 0 Å². The summed E-state index contributed by atoms with van der Waals surface area (Å²) in [6.07, 6.45) is 9.35. The molecule has 0 radical (unpaired) electrons. The molecule has 1 aliphatic carbocycles. The molecule has 92 valence electrons. The van der Waals surface area contributed by atoms with Gasteiger partial charge in [0, 0.05) is 0 Å². The molecule has 1 aliphatic rings. The number of rotatable bonds is 2. The van der Waals surface area contributed by atoms with E-state index in [2.05, 4.69) is 20.9 Å². The maximum Gasteiger partial charge on any atom is 0.120 e. The summed E-state index contributed by atoms with van der Waals surface area (Å²) in [6.45, 7) is 0. The highest BCUT2D eigenvalue weighted by Gasteiger charge is 2.27. The Bertz CT molecular complexity index is 516. The topological polar surface area (TPSA) is 37.5 Å². The first-order valence-corrected chi connectivity index (χ1v) is 7.66. The van der Waals surface area contributed by atoms with Crippen LogP contribution in [0.25, 0.3) is 4.83 Å². The number of aliphatic hydroxyl groups excluding tert-OH is 1. The van der Waals surface area contributed by atoms with Crippen molar-refractivity contribution in [3.63, 3.8) is 0 Å². The van der Waals surface area contributed by atoms with E-state index in [4.69, 9.17) is 0 Å². The molecule has 0 aromatic carbocycles. The molecule has 0 aliphatic heterocycles. The average molecular weight is 315 g/mol. The first kappa shape index (κ1) is 11.7. The highest BCUT2D eigenvalue weighted by molar-refractivity contribution is 9.11. The van der Waals surface area contributed by atoms with Crippen LogP contribution < -0.4 is 0 Å². The fourth-order valence-corrected chi connectivity index (χ4v) is 4.50. The van der Waals surface area contributed by atoms with E-state index in [1.807, 2.05) is 10.6 Å². The van der Waals surface area contributed by atoms with Gasteiger partial charge in [0.1, 0.15) is 11.2 Å². The van der Waals surface area contributed by atoms with Crippen molar-refractivity contribution >= 4 is 32.1 Å². The first-order valence-electron chi connectivity index (χ1n) is 6.05. The molecule has 0 bridgehead atoms. The number of thiazole rings is 1. The summed E-state index contributed by atoms with van der Waals surface area (Å²) < 4.78 is 3.04. The van der Waals surface area contributed by atoms with Crippen molar-refractivity contribution in [2.45, 2.75) is 38.2 Å². The van der Waals surface area contributed by atoms with Gasteiger partial charge >= 0.3 is 0 Å². The van der Waals surface area contributed by atoms with Crippen LogP contribution in [0.5, 0.6) is 0 Å². The molecule has 1 unspecified atom stereocenters. The Morgan fingerprint density at radius 3 is 2.94 bits per heavy atom. The molecule has 1 N–H and O–H groups in total. The summed E-state index contributed by atoms with van der Waals surface area (Å²) in [4.78, 5) is 5.22. The molecule has 3 rings (SSSR count). The highest BCUT2D eigenvalue weighted by atomic mass is 79.9. The van der Waals surface area contributed by atoms with Crippen LogP contribution in [0.15, 0.2) is 16.3 Å². The summed E-state index contributed by atoms with van der Waals surface area (Å²) in [7, 11) is 0. The van der Waals surface area contributed by atoms with Gasteiger partial charge in [0.25, 0.3) is 0 Å². The van der Waals surface area contributed by atoms with Crippen molar-refractivity contribution in [3.05, 3.63) is 22.0 Å². The van der Waals surface area contributed by atoms with Crippen molar-refractivity contribution in [3.8, 4) is 0 Å². The van der Waals surface area contributed by atoms with Gasteiger partial charge in [0.15, 0.2) is 0 Å². The van der Waals surface area contributed by atoms with Gasteiger partial charge in [-0.3, -0.25) is 4.40 Å². The third kappa shape index (κ3) is 2.04. The van der Waals surface area contributed by atoms with Crippen molar-refractivity contribution in [2.24, 2.45) is 5.92 Å². The molecule has 2 heterocycles. The van der Waals surface area contributed by atoms with Crippen LogP contribution in [0.1, 0.15) is 43.9 Å². The zero-order chi connectivity index (χ0) is 11.8. The molecule has 2 aromatic heterocycles. The quantitative estimate of drug-likeness (QED) is 0.916. The summed E-state index contributed by atoms with van der Waals surface area (Å²) in [5, 5.41) is 10.6. The zero-order valence-electron chi connectivity index (χ0n) is 9.47. The number of hydrogen-bond donors (Lipinski definition) is 1. The maximum absolute atomic E-state index is 10.6. The summed E-state index contributed by atoms with van der Waals surface area (Å²) in [5.41, 5.74) is 0.981. The standard InChI is InChI=1S/C12H15BrN2OS/c13-12-10(15-7-14-6-9(15)17-12)11(16)8-4-2-1-3-5-8/h6-8,11,16H,1-5H2. The third-order valence-corrected chi connectivity index (χ3v) is 5.43. The lowest BCUT2D eigenvalue weighted by atomic mass is 9.84. The molecule has 1 fully saturated rings. The predicted octanol–water partition coefficient (Wildman–Crippen LogP) is 3.77. The second kappa shape index (κ2) is 4.71. The fourth-order valence-electron chi connectivity index (χ4n) is 2.71. The van der Waals surface area contributed by atoms with E-state index in [-0.39, 0.29) is 6.10 Å². The minimum Gasteiger partial charge on any atom is -0.387 e. The van der Waals surface area contributed by atoms with Gasteiger partial charge in [-0.05, 0) is 34.7 Å². The van der Waals surface area contributed by atoms with Crippen LogP contribution in [0.3, 0.4) is 0 Å². The van der Waals surface area contributed by atoms with E-state index in [0.29, 0.717) is 5.92 Å². The van der Waals surface area contributed by atoms with Gasteiger partial charge in [0.05, 0.1) is 21.8 Å². The Hall–Kier alpha value is -0.390. The Morgan fingerprint density at radius 1 is 1.41 bits per heavy atom. The molecule has 1 atom stereocenters. The molecular weight excluding hydrogens is 300 g/mol. The lowest BCUT2D eigenvalue weighted by Crippen LogP contribution is -2.17. The van der Waals surface area contributed by atoms with Gasteiger partial charge < -0.3 is 5.11 Å². The molecule has 0 amide bonds. The fraction of sp³-hybridized carbons (Fsp3) is 0.583. The largest absolute Gasteiger partial charge is 0.387 e. The monoisotopic (exact) mass is 314 g/mol. The second-order valence-electron chi connectivity index (χ2n) is 4.71. The van der Waals surface area contributed by atoms with Gasteiger partial charge in [-0.1, -0.05) is 19.3 Å². The van der Waals surface area contributed by atoms with E-state index >= 15 is 0 Å². The number of aromatic nitrogens is 2. The Labute approximate surface area is 113 Å². The van der Waals surface area contributed by atoms with Crippen molar-refractivity contribution in [2.75, 3.05) is 0 Å². The van der Waals surface area contributed by atoms with Crippen molar-refractivity contribution < 1.29 is 5.11 Å². The smallest absolute Gasteiger partial charge is 0.120 e. The van der Waals surface area contributed by atoms with E-state index in [1.165, 1.54) is 19.3 Å². The minimum absolute atomic E-state index is 0.368. The van der Waals surface area contributed by atoms with E-state index in [0.717, 1.165) is 27.2 Å². The van der Waals surface area contributed by atoms with Crippen molar-refractivity contribution in [1.29, 1.82) is 0 Å². The van der Waals surface area contributed by atoms with Crippen LogP contribution in [-0.2, 0) is 0 Å². The summed E-state index contributed by atoms with van der Waals surface area (Å²) in [5.74, 6) is 0.403. The van der Waals surface area contributed by atoms with E-state index in [1.54, 1.807) is 17.7 Å². The number of hydrogen-bond acceptors (Lipinski definition) is 3. The highest BCUT2D eigenvalue weighted by Crippen LogP contribution is 2.40. The van der Waals surface area contributed by atoms with Crippen LogP contribution >= 0.6 is 27.3 Å². The second-order valence-corrected chi connectivity index (χ2v) is 7.05. The number of imidazole rings is 1. The Balaban J connectivity index is 1.95. The van der Waals surface area contributed by atoms with E-state index < -0.39 is 0 Å². The van der Waals surface area contributed by atoms with Gasteiger partial charge in [-0.25, -0.2) is 4.98 Å². The number of aliphatic hydroxyl groups is 1. The Kier molecular flexibility index (Phi) is 3.23. The summed E-state index contributed by atoms with van der Waals surface area (Å²) >= 11 is 5.20. The van der Waals surface area contributed by atoms with Gasteiger partial charge in [-0.2, -0.15) is 0 Å². The molecule has 1 saturated carbocycles. The molecule has 5 heteroatoms. The average Bonchev–Trinajstić information content (AvgIpc) is 2.89. The molecule has 2 aromatic rings. The van der Waals surface area contributed by atoms with Crippen LogP contribution in [0.4, 0.5) is 0 Å². The number of halogens is 1. The molecule has 0 spiro atoms. The predicted molar refractivity (Wildman–Crippen MR) is 72.3 cm³/mol. The van der Waals surface area contributed by atoms with Crippen LogP contribution in [-0.4, -0.2) is 14.5 Å². The molecule has 17 heavy (non-hydrogen) atoms. The van der Waals surface area contributed by atoms with Crippen LogP contribution in [0.2, 0.25) is 0 Å². The third-order valence-electron chi connectivity index (χ3n) is 3.64. The number of nitrogens with zero attached hydrogens (tertiary/aromatic N) is 2. The molecule has 0 saturated heterocycles. The zero-order valence-corrected chi connectivity index (χ0v) is 11.9. The lowest BCUT2D eigenvalue weighted by molar-refractivity contribution is 0.0800. The first-order chi connectivity index (χ1) is 8.27. The van der Waals surface area contributed by atoms with E-state index in [9.17, 15) is 5.11 Å². The lowest BCUT2D eigenvalue weighted by Gasteiger charge is -2.26. The van der Waals surface area contributed by atoms with Gasteiger partial charge in [-0.15, -0.1) is 11.3 Å². The van der Waals surface area contributed by atoms with Crippen molar-refractivity contribution in [1.82, 2.24) is 9.38 Å². The molecule has 3 nitrogen and oxygen atoms in total. The van der Waals surface area contributed by atoms with Crippen LogP contribution in [0, 0.1) is 5.92 Å².